The second-order valence-electron chi connectivity index (χ2n) is 4.18. The Bertz CT molecular complexity index is 183. The number of hydrogen-bond donors (Lipinski definition) is 1. The summed E-state index contributed by atoms with van der Waals surface area (Å²) in [6.45, 7) is 8.85. The van der Waals surface area contributed by atoms with Gasteiger partial charge in [0.1, 0.15) is 0 Å². The van der Waals surface area contributed by atoms with Crippen LogP contribution in [0.5, 0.6) is 0 Å². The molecule has 1 saturated heterocycles. The van der Waals surface area contributed by atoms with Crippen LogP contribution in [0.4, 0.5) is 0 Å². The van der Waals surface area contributed by atoms with E-state index in [1.165, 1.54) is 19.3 Å². The largest absolute Gasteiger partial charge is 0.360 e. The van der Waals surface area contributed by atoms with Crippen molar-refractivity contribution in [1.29, 1.82) is 5.41 Å². The van der Waals surface area contributed by atoms with Gasteiger partial charge in [-0.2, -0.15) is 0 Å². The predicted octanol–water partition coefficient (Wildman–Crippen LogP) is 2.89. The minimum atomic E-state index is 0.515. The Balaban J connectivity index is 2.56. The molecule has 1 fully saturated rings. The molecule has 1 aliphatic rings. The van der Waals surface area contributed by atoms with Crippen molar-refractivity contribution in [3.63, 3.8) is 0 Å². The molecule has 2 heteroatoms. The molecule has 0 radical (unpaired) electrons. The van der Waals surface area contributed by atoms with Crippen molar-refractivity contribution < 1.29 is 0 Å². The Kier molecular flexibility index (Phi) is 3.34. The molecule has 1 N–H and O–H groups in total. The van der Waals surface area contributed by atoms with Crippen molar-refractivity contribution in [2.24, 2.45) is 5.41 Å². The van der Waals surface area contributed by atoms with Crippen LogP contribution in [-0.4, -0.2) is 23.8 Å². The molecule has 1 aliphatic heterocycles. The molecule has 0 amide bonds. The van der Waals surface area contributed by atoms with E-state index in [1.54, 1.807) is 0 Å². The summed E-state index contributed by atoms with van der Waals surface area (Å²) in [6.07, 6.45) is 4.68. The summed E-state index contributed by atoms with van der Waals surface area (Å²) in [5.74, 6) is 0.823. The van der Waals surface area contributed by atoms with Crippen LogP contribution in [0.1, 0.15) is 46.5 Å². The zero-order valence-electron chi connectivity index (χ0n) is 9.19. The van der Waals surface area contributed by atoms with Gasteiger partial charge in [0.15, 0.2) is 0 Å². The van der Waals surface area contributed by atoms with Gasteiger partial charge in [0.2, 0.25) is 0 Å². The quantitative estimate of drug-likeness (QED) is 0.527. The summed E-state index contributed by atoms with van der Waals surface area (Å²) in [6, 6.07) is 0. The molecule has 1 rings (SSSR count). The van der Waals surface area contributed by atoms with Crippen LogP contribution in [0, 0.1) is 10.8 Å². The van der Waals surface area contributed by atoms with Crippen molar-refractivity contribution in [2.75, 3.05) is 13.1 Å². The van der Waals surface area contributed by atoms with Gasteiger partial charge in [-0.3, -0.25) is 5.41 Å². The first-order valence-corrected chi connectivity index (χ1v) is 5.50. The SMILES string of the molecule is CCC(=N)N1CCC(CC)(CC)C1. The van der Waals surface area contributed by atoms with E-state index in [9.17, 15) is 0 Å². The van der Waals surface area contributed by atoms with Gasteiger partial charge in [0.05, 0.1) is 5.84 Å². The van der Waals surface area contributed by atoms with E-state index in [4.69, 9.17) is 5.41 Å². The Morgan fingerprint density at radius 1 is 1.31 bits per heavy atom. The number of nitrogens with zero attached hydrogens (tertiary/aromatic N) is 1. The summed E-state index contributed by atoms with van der Waals surface area (Å²) in [5, 5.41) is 7.79. The average molecular weight is 182 g/mol. The lowest BCUT2D eigenvalue weighted by molar-refractivity contribution is 0.276. The summed E-state index contributed by atoms with van der Waals surface area (Å²) >= 11 is 0. The highest BCUT2D eigenvalue weighted by molar-refractivity contribution is 5.79. The van der Waals surface area contributed by atoms with Gasteiger partial charge in [-0.05, 0) is 24.7 Å². The smallest absolute Gasteiger partial charge is 0.0955 e. The van der Waals surface area contributed by atoms with Crippen molar-refractivity contribution in [2.45, 2.75) is 46.5 Å². The van der Waals surface area contributed by atoms with Crippen LogP contribution in [0.3, 0.4) is 0 Å². The molecule has 13 heavy (non-hydrogen) atoms. The first-order valence-electron chi connectivity index (χ1n) is 5.50. The van der Waals surface area contributed by atoms with Crippen LogP contribution < -0.4 is 0 Å². The number of amidine groups is 1. The van der Waals surface area contributed by atoms with Crippen LogP contribution in [0.25, 0.3) is 0 Å². The molecule has 2 nitrogen and oxygen atoms in total. The highest BCUT2D eigenvalue weighted by Gasteiger charge is 2.35. The number of nitrogens with one attached hydrogen (secondary N) is 1. The zero-order valence-corrected chi connectivity index (χ0v) is 9.19. The maximum absolute atomic E-state index is 7.79. The van der Waals surface area contributed by atoms with E-state index in [2.05, 4.69) is 25.7 Å². The fraction of sp³-hybridized carbons (Fsp3) is 0.909. The van der Waals surface area contributed by atoms with Gasteiger partial charge in [-0.15, -0.1) is 0 Å². The summed E-state index contributed by atoms with van der Waals surface area (Å²) < 4.78 is 0. The number of hydrogen-bond acceptors (Lipinski definition) is 1. The monoisotopic (exact) mass is 182 g/mol. The van der Waals surface area contributed by atoms with E-state index in [0.717, 1.165) is 25.3 Å². The van der Waals surface area contributed by atoms with Gasteiger partial charge in [-0.1, -0.05) is 20.8 Å². The van der Waals surface area contributed by atoms with Gasteiger partial charge in [-0.25, -0.2) is 0 Å². The number of rotatable bonds is 3. The minimum Gasteiger partial charge on any atom is -0.360 e. The first-order chi connectivity index (χ1) is 6.17. The molecule has 1 heterocycles. The Morgan fingerprint density at radius 3 is 2.31 bits per heavy atom. The van der Waals surface area contributed by atoms with Crippen LogP contribution in [0.2, 0.25) is 0 Å². The van der Waals surface area contributed by atoms with Crippen molar-refractivity contribution in [3.8, 4) is 0 Å². The third-order valence-corrected chi connectivity index (χ3v) is 3.65. The molecule has 0 bridgehead atoms. The lowest BCUT2D eigenvalue weighted by Gasteiger charge is -2.27. The fourth-order valence-electron chi connectivity index (χ4n) is 2.22. The molecular weight excluding hydrogens is 160 g/mol. The van der Waals surface area contributed by atoms with E-state index >= 15 is 0 Å². The zero-order chi connectivity index (χ0) is 9.90. The van der Waals surface area contributed by atoms with Gasteiger partial charge >= 0.3 is 0 Å². The molecule has 0 atom stereocenters. The van der Waals surface area contributed by atoms with Crippen LogP contribution in [0.15, 0.2) is 0 Å². The minimum absolute atomic E-state index is 0.515. The van der Waals surface area contributed by atoms with Gasteiger partial charge in [0.25, 0.3) is 0 Å². The van der Waals surface area contributed by atoms with E-state index in [-0.39, 0.29) is 0 Å². The molecule has 0 saturated carbocycles. The van der Waals surface area contributed by atoms with Crippen molar-refractivity contribution >= 4 is 5.84 Å². The highest BCUT2D eigenvalue weighted by Crippen LogP contribution is 2.37. The van der Waals surface area contributed by atoms with Gasteiger partial charge < -0.3 is 4.90 Å². The Labute approximate surface area is 81.8 Å². The first kappa shape index (κ1) is 10.6. The Morgan fingerprint density at radius 2 is 1.92 bits per heavy atom. The molecule has 76 valence electrons. The number of likely N-dealkylation sites (tertiary alicyclic amines) is 1. The molecule has 0 aromatic rings. The van der Waals surface area contributed by atoms with Crippen molar-refractivity contribution in [1.82, 2.24) is 4.90 Å². The molecule has 0 spiro atoms. The fourth-order valence-corrected chi connectivity index (χ4v) is 2.22. The topological polar surface area (TPSA) is 27.1 Å². The molecule has 0 aromatic heterocycles. The second-order valence-corrected chi connectivity index (χ2v) is 4.18. The molecule has 0 aromatic carbocycles. The molecule has 0 aliphatic carbocycles. The summed E-state index contributed by atoms with van der Waals surface area (Å²) in [5.41, 5.74) is 0.515. The summed E-state index contributed by atoms with van der Waals surface area (Å²) in [4.78, 5) is 2.26. The molecule has 0 unspecified atom stereocenters. The van der Waals surface area contributed by atoms with Crippen molar-refractivity contribution in [3.05, 3.63) is 0 Å². The predicted molar refractivity (Wildman–Crippen MR) is 57.2 cm³/mol. The third-order valence-electron chi connectivity index (χ3n) is 3.65. The van der Waals surface area contributed by atoms with E-state index in [1.807, 2.05) is 0 Å². The van der Waals surface area contributed by atoms with Gasteiger partial charge in [0, 0.05) is 19.5 Å². The maximum atomic E-state index is 7.79. The van der Waals surface area contributed by atoms with E-state index in [0.29, 0.717) is 5.41 Å². The Hall–Kier alpha value is -0.530. The lowest BCUT2D eigenvalue weighted by Crippen LogP contribution is -2.30. The summed E-state index contributed by atoms with van der Waals surface area (Å²) in [7, 11) is 0. The third kappa shape index (κ3) is 2.04. The lowest BCUT2D eigenvalue weighted by atomic mass is 9.82. The highest BCUT2D eigenvalue weighted by atomic mass is 15.2. The molecular formula is C11H22N2. The average Bonchev–Trinajstić information content (AvgIpc) is 2.61. The second kappa shape index (κ2) is 4.12. The normalized spacial score (nSPS) is 20.7. The maximum Gasteiger partial charge on any atom is 0.0955 e. The van der Waals surface area contributed by atoms with Crippen LogP contribution in [-0.2, 0) is 0 Å². The van der Waals surface area contributed by atoms with Crippen LogP contribution >= 0.6 is 0 Å². The van der Waals surface area contributed by atoms with E-state index < -0.39 is 0 Å². The standard InChI is InChI=1S/C11H22N2/c1-4-10(12)13-8-7-11(5-2,6-3)9-13/h12H,4-9H2,1-3H3.